The predicted molar refractivity (Wildman–Crippen MR) is 94.5 cm³/mol. The van der Waals surface area contributed by atoms with E-state index >= 15 is 0 Å². The van der Waals surface area contributed by atoms with E-state index in [2.05, 4.69) is 5.32 Å². The van der Waals surface area contributed by atoms with Crippen LogP contribution in [0, 0.1) is 13.8 Å². The Morgan fingerprint density at radius 3 is 2.62 bits per heavy atom. The van der Waals surface area contributed by atoms with Crippen molar-refractivity contribution >= 4 is 23.4 Å². The molecule has 1 aromatic carbocycles. The minimum absolute atomic E-state index is 0.0134. The van der Waals surface area contributed by atoms with Crippen LogP contribution < -0.4 is 10.1 Å². The van der Waals surface area contributed by atoms with Gasteiger partial charge in [0.15, 0.2) is 6.61 Å². The third-order valence-electron chi connectivity index (χ3n) is 4.22. The van der Waals surface area contributed by atoms with Crippen molar-refractivity contribution in [3.05, 3.63) is 29.3 Å². The summed E-state index contributed by atoms with van der Waals surface area (Å²) in [6.45, 7) is 5.33. The van der Waals surface area contributed by atoms with Gasteiger partial charge in [0, 0.05) is 31.4 Å². The van der Waals surface area contributed by atoms with Gasteiger partial charge in [-0.25, -0.2) is 0 Å². The molecule has 0 spiro atoms. The van der Waals surface area contributed by atoms with Gasteiger partial charge >= 0.3 is 0 Å². The first kappa shape index (κ1) is 18.6. The number of alkyl halides is 1. The third kappa shape index (κ3) is 5.41. The second-order valence-corrected chi connectivity index (χ2v) is 6.60. The van der Waals surface area contributed by atoms with Gasteiger partial charge in [0.05, 0.1) is 0 Å². The largest absolute Gasteiger partial charge is 0.484 e. The number of ether oxygens (including phenoxy) is 1. The van der Waals surface area contributed by atoms with Crippen molar-refractivity contribution in [2.24, 2.45) is 0 Å². The Kier molecular flexibility index (Phi) is 6.91. The van der Waals surface area contributed by atoms with Crippen molar-refractivity contribution in [2.75, 3.05) is 25.6 Å². The van der Waals surface area contributed by atoms with Crippen LogP contribution in [-0.2, 0) is 9.59 Å². The summed E-state index contributed by atoms with van der Waals surface area (Å²) in [6.07, 6.45) is 1.87. The normalized spacial score (nSPS) is 15.2. The van der Waals surface area contributed by atoms with Crippen LogP contribution in [0.1, 0.15) is 30.4 Å². The van der Waals surface area contributed by atoms with E-state index in [-0.39, 0.29) is 24.5 Å². The Bertz CT molecular complexity index is 584. The van der Waals surface area contributed by atoms with Crippen LogP contribution in [0.15, 0.2) is 18.2 Å². The molecule has 6 heteroatoms. The van der Waals surface area contributed by atoms with Crippen LogP contribution in [-0.4, -0.2) is 48.3 Å². The zero-order valence-corrected chi connectivity index (χ0v) is 15.1. The lowest BCUT2D eigenvalue weighted by Gasteiger charge is -2.32. The standard InChI is InChI=1S/C18H25ClN2O3/c1-13-3-4-16(14(2)11-13)24-12-18(23)21-9-6-15(7-10-21)20-17(22)5-8-19/h3-4,11,15H,5-10,12H2,1-2H3,(H,20,22). The van der Waals surface area contributed by atoms with Gasteiger partial charge in [-0.3, -0.25) is 9.59 Å². The zero-order valence-electron chi connectivity index (χ0n) is 14.3. The first-order chi connectivity index (χ1) is 11.5. The molecular formula is C18H25ClN2O3. The van der Waals surface area contributed by atoms with Gasteiger partial charge in [-0.2, -0.15) is 0 Å². The van der Waals surface area contributed by atoms with E-state index in [1.165, 1.54) is 5.56 Å². The summed E-state index contributed by atoms with van der Waals surface area (Å²) in [5.41, 5.74) is 2.20. The summed E-state index contributed by atoms with van der Waals surface area (Å²) < 4.78 is 5.65. The molecule has 1 heterocycles. The Morgan fingerprint density at radius 1 is 1.29 bits per heavy atom. The van der Waals surface area contributed by atoms with E-state index in [1.54, 1.807) is 4.90 Å². The number of benzene rings is 1. The Morgan fingerprint density at radius 2 is 2.00 bits per heavy atom. The molecule has 0 unspecified atom stereocenters. The zero-order chi connectivity index (χ0) is 17.5. The van der Waals surface area contributed by atoms with Crippen molar-refractivity contribution in [1.29, 1.82) is 0 Å². The summed E-state index contributed by atoms with van der Waals surface area (Å²) in [6, 6.07) is 6.04. The number of carbonyl (C=O) groups is 2. The monoisotopic (exact) mass is 352 g/mol. The summed E-state index contributed by atoms with van der Waals surface area (Å²) in [4.78, 5) is 25.6. The maximum absolute atomic E-state index is 12.3. The number of amides is 2. The number of halogens is 1. The lowest BCUT2D eigenvalue weighted by Crippen LogP contribution is -2.47. The maximum atomic E-state index is 12.3. The summed E-state index contributed by atoms with van der Waals surface area (Å²) in [5.74, 6) is 1.05. The van der Waals surface area contributed by atoms with Crippen molar-refractivity contribution in [1.82, 2.24) is 10.2 Å². The molecule has 0 aromatic heterocycles. The van der Waals surface area contributed by atoms with Crippen LogP contribution in [0.25, 0.3) is 0 Å². The average Bonchev–Trinajstić information content (AvgIpc) is 2.54. The molecule has 2 amide bonds. The van der Waals surface area contributed by atoms with Crippen LogP contribution in [0.2, 0.25) is 0 Å². The summed E-state index contributed by atoms with van der Waals surface area (Å²) in [7, 11) is 0. The number of nitrogens with zero attached hydrogens (tertiary/aromatic N) is 1. The Balaban J connectivity index is 1.75. The smallest absolute Gasteiger partial charge is 0.260 e. The molecule has 5 nitrogen and oxygen atoms in total. The highest BCUT2D eigenvalue weighted by atomic mass is 35.5. The number of aryl methyl sites for hydroxylation is 2. The molecule has 1 aromatic rings. The second kappa shape index (κ2) is 8.92. The first-order valence-electron chi connectivity index (χ1n) is 8.32. The SMILES string of the molecule is Cc1ccc(OCC(=O)N2CCC(NC(=O)CCCl)CC2)c(C)c1. The highest BCUT2D eigenvalue weighted by Gasteiger charge is 2.24. The van der Waals surface area contributed by atoms with Crippen molar-refractivity contribution in [3.8, 4) is 5.75 Å². The molecular weight excluding hydrogens is 328 g/mol. The quantitative estimate of drug-likeness (QED) is 0.800. The lowest BCUT2D eigenvalue weighted by atomic mass is 10.0. The highest BCUT2D eigenvalue weighted by Crippen LogP contribution is 2.19. The van der Waals surface area contributed by atoms with Gasteiger partial charge < -0.3 is 15.0 Å². The molecule has 0 radical (unpaired) electrons. The van der Waals surface area contributed by atoms with Gasteiger partial charge in [0.2, 0.25) is 5.91 Å². The van der Waals surface area contributed by atoms with E-state index in [1.807, 2.05) is 32.0 Å². The fourth-order valence-corrected chi connectivity index (χ4v) is 3.02. The van der Waals surface area contributed by atoms with Crippen LogP contribution in [0.4, 0.5) is 0 Å². The topological polar surface area (TPSA) is 58.6 Å². The molecule has 1 N–H and O–H groups in total. The van der Waals surface area contributed by atoms with Crippen molar-refractivity contribution in [3.63, 3.8) is 0 Å². The molecule has 132 valence electrons. The van der Waals surface area contributed by atoms with E-state index in [0.29, 0.717) is 25.4 Å². The minimum Gasteiger partial charge on any atom is -0.484 e. The first-order valence-corrected chi connectivity index (χ1v) is 8.86. The van der Waals surface area contributed by atoms with E-state index < -0.39 is 0 Å². The van der Waals surface area contributed by atoms with E-state index in [4.69, 9.17) is 16.3 Å². The predicted octanol–water partition coefficient (Wildman–Crippen LogP) is 2.42. The fourth-order valence-electron chi connectivity index (χ4n) is 2.85. The molecule has 2 rings (SSSR count). The molecule has 24 heavy (non-hydrogen) atoms. The van der Waals surface area contributed by atoms with Gasteiger partial charge in [-0.1, -0.05) is 17.7 Å². The second-order valence-electron chi connectivity index (χ2n) is 6.22. The van der Waals surface area contributed by atoms with Gasteiger partial charge in [-0.15, -0.1) is 11.6 Å². The lowest BCUT2D eigenvalue weighted by molar-refractivity contribution is -0.134. The van der Waals surface area contributed by atoms with Crippen molar-refractivity contribution < 1.29 is 14.3 Å². The Hall–Kier alpha value is -1.75. The van der Waals surface area contributed by atoms with E-state index in [0.717, 1.165) is 24.2 Å². The number of hydrogen-bond donors (Lipinski definition) is 1. The summed E-state index contributed by atoms with van der Waals surface area (Å²) >= 11 is 5.56. The number of piperidine rings is 1. The van der Waals surface area contributed by atoms with Crippen molar-refractivity contribution in [2.45, 2.75) is 39.2 Å². The van der Waals surface area contributed by atoms with E-state index in [9.17, 15) is 9.59 Å². The number of hydrogen-bond acceptors (Lipinski definition) is 3. The van der Waals surface area contributed by atoms with Crippen LogP contribution in [0.3, 0.4) is 0 Å². The number of carbonyl (C=O) groups excluding carboxylic acids is 2. The maximum Gasteiger partial charge on any atom is 0.260 e. The third-order valence-corrected chi connectivity index (χ3v) is 4.40. The molecule has 1 saturated heterocycles. The molecule has 1 aliphatic rings. The molecule has 0 atom stereocenters. The van der Waals surface area contributed by atoms with Gasteiger partial charge in [0.1, 0.15) is 5.75 Å². The summed E-state index contributed by atoms with van der Waals surface area (Å²) in [5, 5.41) is 2.96. The fraction of sp³-hybridized carbons (Fsp3) is 0.556. The molecule has 0 aliphatic carbocycles. The van der Waals surface area contributed by atoms with Crippen LogP contribution in [0.5, 0.6) is 5.75 Å². The minimum atomic E-state index is -0.0204. The molecule has 1 aliphatic heterocycles. The highest BCUT2D eigenvalue weighted by molar-refractivity contribution is 6.18. The number of likely N-dealkylation sites (tertiary alicyclic amines) is 1. The number of rotatable bonds is 6. The number of nitrogens with one attached hydrogen (secondary N) is 1. The van der Waals surface area contributed by atoms with Gasteiger partial charge in [-0.05, 0) is 38.3 Å². The Labute approximate surface area is 148 Å². The van der Waals surface area contributed by atoms with Crippen LogP contribution >= 0.6 is 11.6 Å². The average molecular weight is 353 g/mol. The molecule has 0 saturated carbocycles. The molecule has 0 bridgehead atoms. The molecule has 1 fully saturated rings. The van der Waals surface area contributed by atoms with Gasteiger partial charge in [0.25, 0.3) is 5.91 Å².